The molecule has 0 spiro atoms. The van der Waals surface area contributed by atoms with E-state index in [0.29, 0.717) is 0 Å². The largest absolute Gasteiger partial charge is 0.0776 e. The van der Waals surface area contributed by atoms with Crippen molar-refractivity contribution >= 4 is 0 Å². The van der Waals surface area contributed by atoms with E-state index < -0.39 is 0 Å². The van der Waals surface area contributed by atoms with Crippen molar-refractivity contribution in [2.75, 3.05) is 0 Å². The molecule has 0 bridgehead atoms. The normalized spacial score (nSPS) is 3.60. The maximum Gasteiger partial charge on any atom is 0 e. The molecule has 0 heteroatoms. The van der Waals surface area contributed by atoms with Crippen LogP contribution in [0.25, 0.3) is 0 Å². The van der Waals surface area contributed by atoms with Crippen molar-refractivity contribution in [3.63, 3.8) is 0 Å². The van der Waals surface area contributed by atoms with Crippen LogP contribution >= 0.6 is 0 Å². The Morgan fingerprint density at radius 3 is 1.20 bits per heavy atom. The quantitative estimate of drug-likeness (QED) is 0.419. The van der Waals surface area contributed by atoms with E-state index in [1.165, 1.54) is 6.42 Å². The molecule has 0 aliphatic heterocycles. The Kier molecular flexibility index (Phi) is 144. The summed E-state index contributed by atoms with van der Waals surface area (Å²) in [5.74, 6) is 0. The van der Waals surface area contributed by atoms with E-state index in [-0.39, 0.29) is 17.7 Å². The van der Waals surface area contributed by atoms with Crippen LogP contribution in [0.2, 0.25) is 0 Å². The molecule has 0 saturated heterocycles. The summed E-state index contributed by atoms with van der Waals surface area (Å²) in [5.41, 5.74) is 0. The first-order chi connectivity index (χ1) is 1.41. The summed E-state index contributed by atoms with van der Waals surface area (Å²) in [6, 6.07) is 0. The molecule has 0 saturated carbocycles. The van der Waals surface area contributed by atoms with Crippen molar-refractivity contribution in [1.29, 1.82) is 0 Å². The Bertz CT molecular complexity index is 6.04. The molecular weight excluding hydrogens is 60.1 g/mol. The molecule has 40 valence electrons. The Morgan fingerprint density at radius 2 is 1.20 bits per heavy atom. The van der Waals surface area contributed by atoms with Crippen LogP contribution in [0, 0.1) is 0 Å². The van der Waals surface area contributed by atoms with Gasteiger partial charge in [-0.05, 0) is 0 Å². The molecule has 0 unspecified atom stereocenters. The van der Waals surface area contributed by atoms with Crippen LogP contribution in [-0.2, 0) is 0 Å². The highest BCUT2D eigenvalue weighted by Gasteiger charge is 1.35. The highest BCUT2D eigenvalue weighted by Crippen LogP contribution is 1.56. The van der Waals surface area contributed by atoms with Gasteiger partial charge in [0.25, 0.3) is 0 Å². The molecule has 0 aromatic rings. The lowest BCUT2D eigenvalue weighted by atomic mass is 10.6. The van der Waals surface area contributed by atoms with Crippen molar-refractivity contribution in [2.24, 2.45) is 0 Å². The minimum Gasteiger partial charge on any atom is -0.0776 e. The van der Waals surface area contributed by atoms with E-state index in [4.69, 9.17) is 0 Å². The summed E-state index contributed by atoms with van der Waals surface area (Å²) in [4.78, 5) is 0. The van der Waals surface area contributed by atoms with Crippen LogP contribution in [0.1, 0.15) is 38.0 Å². The number of rotatable bonds is 0. The van der Waals surface area contributed by atoms with Crippen LogP contribution in [0.5, 0.6) is 0 Å². The molecular formula is C5H20. The SMILES string of the molecule is C.C.CCC.[HH].[HH]. The molecule has 0 amide bonds. The number of hydrogen-bond acceptors (Lipinski definition) is 0. The third-order valence-corrected chi connectivity index (χ3v) is 0. The van der Waals surface area contributed by atoms with Gasteiger partial charge in [-0.15, -0.1) is 0 Å². The van der Waals surface area contributed by atoms with Crippen LogP contribution < -0.4 is 0 Å². The van der Waals surface area contributed by atoms with Gasteiger partial charge in [-0.3, -0.25) is 0 Å². The predicted octanol–water partition coefficient (Wildman–Crippen LogP) is 3.18. The Labute approximate surface area is 39.2 Å². The monoisotopic (exact) mass is 80.2 g/mol. The van der Waals surface area contributed by atoms with Gasteiger partial charge in [0.1, 0.15) is 0 Å². The van der Waals surface area contributed by atoms with Gasteiger partial charge in [0.2, 0.25) is 0 Å². The standard InChI is InChI=1S/C3H8.2CH4.2H2/c1-3-2;;;;/h3H2,1-2H3;2*1H4;2*1H. The van der Waals surface area contributed by atoms with E-state index in [0.717, 1.165) is 0 Å². The second-order valence-corrected chi connectivity index (χ2v) is 0.707. The van der Waals surface area contributed by atoms with E-state index >= 15 is 0 Å². The molecule has 0 atom stereocenters. The fraction of sp³-hybridized carbons (Fsp3) is 1.00. The zero-order valence-electron chi connectivity index (χ0n) is 2.71. The lowest BCUT2D eigenvalue weighted by Gasteiger charge is -1.48. The smallest absolute Gasteiger partial charge is 0 e. The van der Waals surface area contributed by atoms with Gasteiger partial charge in [0.05, 0.1) is 0 Å². The van der Waals surface area contributed by atoms with Gasteiger partial charge >= 0.3 is 0 Å². The van der Waals surface area contributed by atoms with Crippen LogP contribution in [0.3, 0.4) is 0 Å². The maximum absolute atomic E-state index is 2.12. The van der Waals surface area contributed by atoms with Gasteiger partial charge in [-0.1, -0.05) is 35.1 Å². The first-order valence-electron chi connectivity index (χ1n) is 1.41. The van der Waals surface area contributed by atoms with Gasteiger partial charge in [-0.25, -0.2) is 0 Å². The zero-order valence-corrected chi connectivity index (χ0v) is 2.71. The molecule has 0 nitrogen and oxygen atoms in total. The second-order valence-electron chi connectivity index (χ2n) is 0.707. The molecule has 0 radical (unpaired) electrons. The Hall–Kier alpha value is 0. The van der Waals surface area contributed by atoms with Crippen LogP contribution in [-0.4, -0.2) is 0 Å². The first kappa shape index (κ1) is 20.0. The van der Waals surface area contributed by atoms with Crippen LogP contribution in [0.4, 0.5) is 0 Å². The third kappa shape index (κ3) is 0. The summed E-state index contributed by atoms with van der Waals surface area (Å²) in [6.45, 7) is 4.25. The summed E-state index contributed by atoms with van der Waals surface area (Å²) in [5, 5.41) is 0. The minimum atomic E-state index is 0. The summed E-state index contributed by atoms with van der Waals surface area (Å²) in [7, 11) is 0. The predicted molar refractivity (Wildman–Crippen MR) is 33.7 cm³/mol. The molecule has 0 N–H and O–H groups in total. The average molecular weight is 80.2 g/mol. The lowest BCUT2D eigenvalue weighted by Crippen LogP contribution is -1.27. The molecule has 0 aliphatic rings. The topological polar surface area (TPSA) is 0 Å². The van der Waals surface area contributed by atoms with Gasteiger partial charge in [0.15, 0.2) is 0 Å². The second kappa shape index (κ2) is 36.0. The summed E-state index contributed by atoms with van der Waals surface area (Å²) in [6.07, 6.45) is 1.25. The van der Waals surface area contributed by atoms with Crippen molar-refractivity contribution in [1.82, 2.24) is 0 Å². The lowest BCUT2D eigenvalue weighted by molar-refractivity contribution is 1.09. The molecule has 5 heavy (non-hydrogen) atoms. The fourth-order valence-electron chi connectivity index (χ4n) is 0. The highest BCUT2D eigenvalue weighted by molar-refractivity contribution is 3.92. The van der Waals surface area contributed by atoms with Gasteiger partial charge in [-0.2, -0.15) is 0 Å². The molecule has 0 rings (SSSR count). The molecule has 0 aromatic carbocycles. The van der Waals surface area contributed by atoms with E-state index in [2.05, 4.69) is 13.8 Å². The van der Waals surface area contributed by atoms with Crippen molar-refractivity contribution in [2.45, 2.75) is 35.1 Å². The van der Waals surface area contributed by atoms with Crippen molar-refractivity contribution in [3.05, 3.63) is 0 Å². The van der Waals surface area contributed by atoms with E-state index in [9.17, 15) is 0 Å². The Morgan fingerprint density at radius 1 is 1.20 bits per heavy atom. The zero-order chi connectivity index (χ0) is 2.71. The average Bonchev–Trinajstić information content (AvgIpc) is 0.918. The molecule has 0 aromatic heterocycles. The first-order valence-corrected chi connectivity index (χ1v) is 1.41. The number of hydrogen-bond donors (Lipinski definition) is 0. The Balaban J connectivity index is -0.00000000333. The van der Waals surface area contributed by atoms with E-state index in [1.54, 1.807) is 0 Å². The summed E-state index contributed by atoms with van der Waals surface area (Å²) < 4.78 is 0. The minimum absolute atomic E-state index is 0. The molecule has 0 fully saturated rings. The summed E-state index contributed by atoms with van der Waals surface area (Å²) >= 11 is 0. The molecule has 0 aliphatic carbocycles. The third-order valence-electron chi connectivity index (χ3n) is 0. The van der Waals surface area contributed by atoms with Crippen molar-refractivity contribution in [3.8, 4) is 0 Å². The van der Waals surface area contributed by atoms with Gasteiger partial charge in [0, 0.05) is 2.85 Å². The maximum atomic E-state index is 2.12. The van der Waals surface area contributed by atoms with Crippen molar-refractivity contribution < 1.29 is 2.85 Å². The van der Waals surface area contributed by atoms with Crippen LogP contribution in [0.15, 0.2) is 0 Å². The van der Waals surface area contributed by atoms with Gasteiger partial charge < -0.3 is 0 Å². The fourth-order valence-corrected chi connectivity index (χ4v) is 0. The molecule has 0 heterocycles. The highest BCUT2D eigenvalue weighted by atomic mass is 13.4. The van der Waals surface area contributed by atoms with E-state index in [1.807, 2.05) is 0 Å².